The lowest BCUT2D eigenvalue weighted by atomic mass is 10.1. The Labute approximate surface area is 163 Å². The molecule has 1 amide bonds. The Kier molecular flexibility index (Phi) is 4.68. The molecule has 0 N–H and O–H groups in total. The van der Waals surface area contributed by atoms with E-state index in [1.165, 1.54) is 4.31 Å². The molecule has 0 radical (unpaired) electrons. The summed E-state index contributed by atoms with van der Waals surface area (Å²) in [7, 11) is -3.68. The van der Waals surface area contributed by atoms with Gasteiger partial charge in [-0.15, -0.1) is 0 Å². The van der Waals surface area contributed by atoms with Crippen molar-refractivity contribution >= 4 is 26.7 Å². The van der Waals surface area contributed by atoms with E-state index in [-0.39, 0.29) is 29.7 Å². The molecule has 4 rings (SSSR count). The Morgan fingerprint density at radius 3 is 2.32 bits per heavy atom. The lowest BCUT2D eigenvalue weighted by molar-refractivity contribution is 0.0698. The van der Waals surface area contributed by atoms with E-state index in [1.807, 2.05) is 42.5 Å². The van der Waals surface area contributed by atoms with Crippen molar-refractivity contribution in [1.82, 2.24) is 14.4 Å². The summed E-state index contributed by atoms with van der Waals surface area (Å²) in [4.78, 5) is 14.7. The van der Waals surface area contributed by atoms with Crippen LogP contribution in [0, 0.1) is 13.8 Å². The summed E-state index contributed by atoms with van der Waals surface area (Å²) in [5.41, 5.74) is 0.966. The van der Waals surface area contributed by atoms with Gasteiger partial charge in [0.1, 0.15) is 10.6 Å². The predicted octanol–water partition coefficient (Wildman–Crippen LogP) is 2.59. The van der Waals surface area contributed by atoms with Gasteiger partial charge in [-0.1, -0.05) is 35.5 Å². The molecule has 0 spiro atoms. The van der Waals surface area contributed by atoms with Gasteiger partial charge in [0.05, 0.1) is 0 Å². The smallest absolute Gasteiger partial charge is 0.253 e. The van der Waals surface area contributed by atoms with Crippen LogP contribution in [0.15, 0.2) is 51.9 Å². The van der Waals surface area contributed by atoms with E-state index in [4.69, 9.17) is 4.52 Å². The first-order valence-corrected chi connectivity index (χ1v) is 10.5. The third-order valence-electron chi connectivity index (χ3n) is 5.09. The molecule has 0 unspecified atom stereocenters. The summed E-state index contributed by atoms with van der Waals surface area (Å²) in [6.45, 7) is 4.37. The highest BCUT2D eigenvalue weighted by Gasteiger charge is 2.34. The summed E-state index contributed by atoms with van der Waals surface area (Å²) in [5, 5.41) is 5.83. The topological polar surface area (TPSA) is 83.7 Å². The first-order valence-electron chi connectivity index (χ1n) is 9.09. The molecule has 0 bridgehead atoms. The number of aryl methyl sites for hydroxylation is 2. The van der Waals surface area contributed by atoms with Gasteiger partial charge in [-0.3, -0.25) is 4.79 Å². The monoisotopic (exact) mass is 399 g/mol. The number of aromatic nitrogens is 1. The van der Waals surface area contributed by atoms with Gasteiger partial charge in [-0.2, -0.15) is 4.31 Å². The van der Waals surface area contributed by atoms with E-state index < -0.39 is 10.0 Å². The fourth-order valence-electron chi connectivity index (χ4n) is 3.61. The van der Waals surface area contributed by atoms with E-state index in [9.17, 15) is 13.2 Å². The van der Waals surface area contributed by atoms with Crippen molar-refractivity contribution in [3.05, 3.63) is 59.5 Å². The van der Waals surface area contributed by atoms with Gasteiger partial charge in [0.2, 0.25) is 10.0 Å². The zero-order chi connectivity index (χ0) is 19.9. The molecule has 0 saturated carbocycles. The molecule has 146 valence electrons. The van der Waals surface area contributed by atoms with Crippen molar-refractivity contribution in [2.45, 2.75) is 18.7 Å². The first-order chi connectivity index (χ1) is 13.4. The second-order valence-electron chi connectivity index (χ2n) is 6.91. The molecule has 3 aromatic rings. The highest BCUT2D eigenvalue weighted by Crippen LogP contribution is 2.25. The van der Waals surface area contributed by atoms with Crippen LogP contribution in [0.3, 0.4) is 0 Å². The number of benzene rings is 2. The molecule has 2 aromatic carbocycles. The number of carbonyl (C=O) groups is 1. The summed E-state index contributed by atoms with van der Waals surface area (Å²) in [6.07, 6.45) is 0. The fraction of sp³-hybridized carbons (Fsp3) is 0.300. The van der Waals surface area contributed by atoms with Crippen LogP contribution < -0.4 is 0 Å². The second-order valence-corrected chi connectivity index (χ2v) is 8.79. The number of fused-ring (bicyclic) bond motifs is 1. The lowest BCUT2D eigenvalue weighted by Gasteiger charge is -2.34. The zero-order valence-electron chi connectivity index (χ0n) is 15.8. The summed E-state index contributed by atoms with van der Waals surface area (Å²) in [5.74, 6) is 0.201. The molecule has 2 heterocycles. The van der Waals surface area contributed by atoms with Crippen LogP contribution in [0.25, 0.3) is 10.8 Å². The van der Waals surface area contributed by atoms with Gasteiger partial charge >= 0.3 is 0 Å². The van der Waals surface area contributed by atoms with Gasteiger partial charge in [0.15, 0.2) is 5.76 Å². The van der Waals surface area contributed by atoms with E-state index in [1.54, 1.807) is 18.7 Å². The number of carbonyl (C=O) groups excluding carboxylic acids is 1. The van der Waals surface area contributed by atoms with E-state index >= 15 is 0 Å². The third-order valence-corrected chi connectivity index (χ3v) is 7.23. The van der Waals surface area contributed by atoms with Crippen LogP contribution in [0.2, 0.25) is 0 Å². The Balaban J connectivity index is 1.49. The SMILES string of the molecule is Cc1noc(C)c1S(=O)(=O)N1CCN(C(=O)c2ccc3ccccc3c2)CC1. The van der Waals surface area contributed by atoms with Gasteiger partial charge in [0, 0.05) is 31.7 Å². The molecule has 0 aliphatic carbocycles. The van der Waals surface area contributed by atoms with Crippen LogP contribution in [-0.4, -0.2) is 54.9 Å². The minimum atomic E-state index is -3.68. The van der Waals surface area contributed by atoms with E-state index in [0.29, 0.717) is 24.3 Å². The lowest BCUT2D eigenvalue weighted by Crippen LogP contribution is -2.50. The number of amides is 1. The van der Waals surface area contributed by atoms with Gasteiger partial charge in [0.25, 0.3) is 5.91 Å². The molecule has 1 saturated heterocycles. The maximum atomic E-state index is 12.9. The number of nitrogens with zero attached hydrogens (tertiary/aromatic N) is 3. The molecule has 7 nitrogen and oxygen atoms in total. The van der Waals surface area contributed by atoms with Gasteiger partial charge < -0.3 is 9.42 Å². The number of sulfonamides is 1. The quantitative estimate of drug-likeness (QED) is 0.676. The zero-order valence-corrected chi connectivity index (χ0v) is 16.6. The maximum absolute atomic E-state index is 12.9. The first kappa shape index (κ1) is 18.6. The van der Waals surface area contributed by atoms with Crippen LogP contribution >= 0.6 is 0 Å². The number of piperazine rings is 1. The van der Waals surface area contributed by atoms with Crippen molar-refractivity contribution in [2.75, 3.05) is 26.2 Å². The average Bonchev–Trinajstić information content (AvgIpc) is 3.06. The molecule has 8 heteroatoms. The highest BCUT2D eigenvalue weighted by atomic mass is 32.2. The third kappa shape index (κ3) is 3.18. The maximum Gasteiger partial charge on any atom is 0.253 e. The van der Waals surface area contributed by atoms with Crippen molar-refractivity contribution in [2.24, 2.45) is 0 Å². The predicted molar refractivity (Wildman–Crippen MR) is 105 cm³/mol. The molecule has 0 atom stereocenters. The number of hydrogen-bond acceptors (Lipinski definition) is 5. The summed E-state index contributed by atoms with van der Waals surface area (Å²) in [6, 6.07) is 13.5. The fourth-order valence-corrected chi connectivity index (χ4v) is 5.32. The molecule has 1 aliphatic rings. The minimum absolute atomic E-state index is 0.0832. The van der Waals surface area contributed by atoms with Crippen molar-refractivity contribution < 1.29 is 17.7 Å². The van der Waals surface area contributed by atoms with Crippen molar-refractivity contribution in [1.29, 1.82) is 0 Å². The van der Waals surface area contributed by atoms with Gasteiger partial charge in [-0.05, 0) is 36.8 Å². The molecule has 28 heavy (non-hydrogen) atoms. The normalized spacial score (nSPS) is 15.9. The Hall–Kier alpha value is -2.71. The Morgan fingerprint density at radius 2 is 1.68 bits per heavy atom. The van der Waals surface area contributed by atoms with Crippen molar-refractivity contribution in [3.63, 3.8) is 0 Å². The molecule has 1 fully saturated rings. The number of rotatable bonds is 3. The standard InChI is InChI=1S/C20H21N3O4S/c1-14-19(15(2)27-21-14)28(25,26)23-11-9-22(10-12-23)20(24)18-8-7-16-5-3-4-6-17(16)13-18/h3-8,13H,9-12H2,1-2H3. The van der Waals surface area contributed by atoms with Crippen LogP contribution in [0.4, 0.5) is 0 Å². The molecule has 1 aliphatic heterocycles. The van der Waals surface area contributed by atoms with Crippen LogP contribution in [0.5, 0.6) is 0 Å². The molecular formula is C20H21N3O4S. The minimum Gasteiger partial charge on any atom is -0.360 e. The van der Waals surface area contributed by atoms with E-state index in [2.05, 4.69) is 5.16 Å². The molecular weight excluding hydrogens is 378 g/mol. The second kappa shape index (κ2) is 7.03. The Morgan fingerprint density at radius 1 is 1.00 bits per heavy atom. The van der Waals surface area contributed by atoms with Crippen LogP contribution in [-0.2, 0) is 10.0 Å². The average molecular weight is 399 g/mol. The summed E-state index contributed by atoms with van der Waals surface area (Å²) >= 11 is 0. The largest absolute Gasteiger partial charge is 0.360 e. The van der Waals surface area contributed by atoms with Crippen molar-refractivity contribution in [3.8, 4) is 0 Å². The molecule has 1 aromatic heterocycles. The van der Waals surface area contributed by atoms with Crippen LogP contribution in [0.1, 0.15) is 21.8 Å². The number of hydrogen-bond donors (Lipinski definition) is 0. The van der Waals surface area contributed by atoms with E-state index in [0.717, 1.165) is 10.8 Å². The highest BCUT2D eigenvalue weighted by molar-refractivity contribution is 7.89. The summed E-state index contributed by atoms with van der Waals surface area (Å²) < 4.78 is 32.2. The van der Waals surface area contributed by atoms with Gasteiger partial charge in [-0.25, -0.2) is 8.42 Å². The Bertz CT molecular complexity index is 1130.